The Balaban J connectivity index is 2.58. The number of aromatic amines is 1. The molecule has 2 aromatic rings. The zero-order chi connectivity index (χ0) is 13.3. The van der Waals surface area contributed by atoms with Gasteiger partial charge in [0.1, 0.15) is 0 Å². The average molecular weight is 245 g/mol. The fraction of sp³-hybridized carbons (Fsp3) is 0.400. The summed E-state index contributed by atoms with van der Waals surface area (Å²) in [7, 11) is 0. The number of carboxylic acids is 1. The molecular formula is C15H19NO2. The number of aromatic carboxylic acids is 1. The zero-order valence-corrected chi connectivity index (χ0v) is 11.1. The number of rotatable bonds is 4. The molecule has 1 heterocycles. The molecule has 2 N–H and O–H groups in total. The van der Waals surface area contributed by atoms with E-state index < -0.39 is 5.97 Å². The molecule has 0 bridgehead atoms. The Morgan fingerprint density at radius 1 is 1.33 bits per heavy atom. The number of aromatic nitrogens is 1. The van der Waals surface area contributed by atoms with E-state index in [4.69, 9.17) is 5.11 Å². The number of carbonyl (C=O) groups is 1. The van der Waals surface area contributed by atoms with Crippen molar-refractivity contribution in [3.63, 3.8) is 0 Å². The third-order valence-corrected chi connectivity index (χ3v) is 3.48. The molecule has 2 rings (SSSR count). The van der Waals surface area contributed by atoms with Gasteiger partial charge < -0.3 is 10.1 Å². The maximum absolute atomic E-state index is 11.1. The maximum Gasteiger partial charge on any atom is 0.336 e. The van der Waals surface area contributed by atoms with E-state index in [1.54, 1.807) is 6.07 Å². The van der Waals surface area contributed by atoms with Crippen LogP contribution in [0, 0.1) is 13.8 Å². The average Bonchev–Trinajstić information content (AvgIpc) is 2.60. The highest BCUT2D eigenvalue weighted by molar-refractivity contribution is 5.96. The normalized spacial score (nSPS) is 11.1. The van der Waals surface area contributed by atoms with Crippen molar-refractivity contribution in [3.8, 4) is 0 Å². The molecule has 1 aromatic heterocycles. The van der Waals surface area contributed by atoms with E-state index in [0.717, 1.165) is 36.0 Å². The van der Waals surface area contributed by atoms with Gasteiger partial charge in [-0.1, -0.05) is 13.3 Å². The standard InChI is InChI=1S/C15H19NO2/c1-4-5-6-11-10(3)16-14-8-12(15(17)18)9(2)7-13(11)14/h7-8,16H,4-6H2,1-3H3,(H,17,18). The molecule has 1 aromatic carbocycles. The maximum atomic E-state index is 11.1. The first-order chi connectivity index (χ1) is 8.54. The van der Waals surface area contributed by atoms with Gasteiger partial charge in [-0.15, -0.1) is 0 Å². The molecule has 0 aliphatic carbocycles. The van der Waals surface area contributed by atoms with Crippen LogP contribution >= 0.6 is 0 Å². The Morgan fingerprint density at radius 2 is 2.06 bits per heavy atom. The van der Waals surface area contributed by atoms with Crippen LogP contribution in [0.5, 0.6) is 0 Å². The van der Waals surface area contributed by atoms with Crippen LogP contribution in [0.15, 0.2) is 12.1 Å². The minimum atomic E-state index is -0.864. The second-order valence-electron chi connectivity index (χ2n) is 4.85. The van der Waals surface area contributed by atoms with Crippen LogP contribution in [0.2, 0.25) is 0 Å². The van der Waals surface area contributed by atoms with Gasteiger partial charge in [-0.3, -0.25) is 0 Å². The smallest absolute Gasteiger partial charge is 0.336 e. The van der Waals surface area contributed by atoms with Crippen molar-refractivity contribution in [2.45, 2.75) is 40.0 Å². The number of fused-ring (bicyclic) bond motifs is 1. The van der Waals surface area contributed by atoms with Crippen molar-refractivity contribution in [3.05, 3.63) is 34.5 Å². The molecule has 0 saturated carbocycles. The molecule has 0 spiro atoms. The highest BCUT2D eigenvalue weighted by Crippen LogP contribution is 2.26. The SMILES string of the molecule is CCCCc1c(C)[nH]c2cc(C(=O)O)c(C)cc12. The number of carboxylic acid groups (broad SMARTS) is 1. The summed E-state index contributed by atoms with van der Waals surface area (Å²) in [6, 6.07) is 3.74. The molecule has 3 heteroatoms. The Kier molecular flexibility index (Phi) is 3.41. The van der Waals surface area contributed by atoms with E-state index in [1.807, 2.05) is 13.0 Å². The molecule has 18 heavy (non-hydrogen) atoms. The molecule has 96 valence electrons. The van der Waals surface area contributed by atoms with Crippen molar-refractivity contribution >= 4 is 16.9 Å². The van der Waals surface area contributed by atoms with E-state index in [9.17, 15) is 4.79 Å². The molecule has 0 saturated heterocycles. The second kappa shape index (κ2) is 4.84. The summed E-state index contributed by atoms with van der Waals surface area (Å²) in [4.78, 5) is 14.4. The number of unbranched alkanes of at least 4 members (excludes halogenated alkanes) is 1. The predicted molar refractivity (Wildman–Crippen MR) is 73.3 cm³/mol. The van der Waals surface area contributed by atoms with Crippen LogP contribution in [0.25, 0.3) is 10.9 Å². The summed E-state index contributed by atoms with van der Waals surface area (Å²) in [6.45, 7) is 6.09. The fourth-order valence-corrected chi connectivity index (χ4v) is 2.45. The topological polar surface area (TPSA) is 53.1 Å². The first kappa shape index (κ1) is 12.7. The van der Waals surface area contributed by atoms with Gasteiger partial charge in [0.25, 0.3) is 0 Å². The quantitative estimate of drug-likeness (QED) is 0.860. The molecule has 0 fully saturated rings. The van der Waals surface area contributed by atoms with Crippen LogP contribution in [0.3, 0.4) is 0 Å². The third-order valence-electron chi connectivity index (χ3n) is 3.48. The molecule has 0 amide bonds. The lowest BCUT2D eigenvalue weighted by molar-refractivity contribution is 0.0696. The molecule has 0 unspecified atom stereocenters. The highest BCUT2D eigenvalue weighted by Gasteiger charge is 2.13. The van der Waals surface area contributed by atoms with Crippen LogP contribution in [0.4, 0.5) is 0 Å². The largest absolute Gasteiger partial charge is 0.478 e. The highest BCUT2D eigenvalue weighted by atomic mass is 16.4. The minimum absolute atomic E-state index is 0.380. The first-order valence-corrected chi connectivity index (χ1v) is 6.39. The molecule has 0 aliphatic heterocycles. The minimum Gasteiger partial charge on any atom is -0.478 e. The van der Waals surface area contributed by atoms with Crippen molar-refractivity contribution in [2.24, 2.45) is 0 Å². The summed E-state index contributed by atoms with van der Waals surface area (Å²) in [5.41, 5.74) is 4.62. The van der Waals surface area contributed by atoms with Gasteiger partial charge in [0.2, 0.25) is 0 Å². The van der Waals surface area contributed by atoms with Gasteiger partial charge in [-0.05, 0) is 49.9 Å². The second-order valence-corrected chi connectivity index (χ2v) is 4.85. The van der Waals surface area contributed by atoms with Gasteiger partial charge in [-0.25, -0.2) is 4.79 Å². The van der Waals surface area contributed by atoms with Gasteiger partial charge in [-0.2, -0.15) is 0 Å². The van der Waals surface area contributed by atoms with Crippen LogP contribution in [-0.4, -0.2) is 16.1 Å². The molecule has 0 aliphatic rings. The van der Waals surface area contributed by atoms with E-state index in [-0.39, 0.29) is 0 Å². The first-order valence-electron chi connectivity index (χ1n) is 6.39. The number of hydrogen-bond acceptors (Lipinski definition) is 1. The van der Waals surface area contributed by atoms with Gasteiger partial charge >= 0.3 is 5.97 Å². The van der Waals surface area contributed by atoms with Crippen molar-refractivity contribution < 1.29 is 9.90 Å². The Hall–Kier alpha value is -1.77. The van der Waals surface area contributed by atoms with Crippen molar-refractivity contribution in [2.75, 3.05) is 0 Å². The van der Waals surface area contributed by atoms with Crippen LogP contribution in [0.1, 0.15) is 46.9 Å². The predicted octanol–water partition coefficient (Wildman–Crippen LogP) is 3.83. The summed E-state index contributed by atoms with van der Waals surface area (Å²) >= 11 is 0. The number of benzene rings is 1. The van der Waals surface area contributed by atoms with Crippen LogP contribution in [-0.2, 0) is 6.42 Å². The Bertz CT molecular complexity index is 596. The lowest BCUT2D eigenvalue weighted by Crippen LogP contribution is -1.99. The summed E-state index contributed by atoms with van der Waals surface area (Å²) in [6.07, 6.45) is 3.38. The van der Waals surface area contributed by atoms with E-state index in [1.165, 1.54) is 10.9 Å². The number of H-pyrrole nitrogens is 1. The zero-order valence-electron chi connectivity index (χ0n) is 11.1. The van der Waals surface area contributed by atoms with Gasteiger partial charge in [0.05, 0.1) is 5.56 Å². The fourth-order valence-electron chi connectivity index (χ4n) is 2.45. The lowest BCUT2D eigenvalue weighted by Gasteiger charge is -2.03. The van der Waals surface area contributed by atoms with Crippen molar-refractivity contribution in [1.29, 1.82) is 0 Å². The molecule has 0 radical (unpaired) electrons. The van der Waals surface area contributed by atoms with Crippen LogP contribution < -0.4 is 0 Å². The summed E-state index contributed by atoms with van der Waals surface area (Å²) < 4.78 is 0. The lowest BCUT2D eigenvalue weighted by atomic mass is 10.0. The van der Waals surface area contributed by atoms with E-state index >= 15 is 0 Å². The summed E-state index contributed by atoms with van der Waals surface area (Å²) in [5.74, 6) is -0.864. The number of hydrogen-bond donors (Lipinski definition) is 2. The Morgan fingerprint density at radius 3 is 2.67 bits per heavy atom. The van der Waals surface area contributed by atoms with Crippen molar-refractivity contribution in [1.82, 2.24) is 4.98 Å². The Labute approximate surface area is 107 Å². The number of nitrogens with one attached hydrogen (secondary N) is 1. The third kappa shape index (κ3) is 2.13. The molecule has 3 nitrogen and oxygen atoms in total. The van der Waals surface area contributed by atoms with Gasteiger partial charge in [0.15, 0.2) is 0 Å². The van der Waals surface area contributed by atoms with E-state index in [2.05, 4.69) is 18.8 Å². The van der Waals surface area contributed by atoms with Gasteiger partial charge in [0, 0.05) is 16.6 Å². The molecule has 0 atom stereocenters. The number of aryl methyl sites for hydroxylation is 3. The molecular weight excluding hydrogens is 226 g/mol. The van der Waals surface area contributed by atoms with E-state index in [0.29, 0.717) is 5.56 Å². The summed E-state index contributed by atoms with van der Waals surface area (Å²) in [5, 5.41) is 10.3. The monoisotopic (exact) mass is 245 g/mol.